The topological polar surface area (TPSA) is 76.9 Å². The summed E-state index contributed by atoms with van der Waals surface area (Å²) in [6, 6.07) is 15.2. The van der Waals surface area contributed by atoms with Gasteiger partial charge in [0.15, 0.2) is 5.76 Å². The second-order valence-corrected chi connectivity index (χ2v) is 6.53. The van der Waals surface area contributed by atoms with Gasteiger partial charge in [-0.3, -0.25) is 0 Å². The molecule has 29 heavy (non-hydrogen) atoms. The van der Waals surface area contributed by atoms with Gasteiger partial charge < -0.3 is 9.26 Å². The molecule has 144 valence electrons. The minimum atomic E-state index is -0.384. The molecule has 0 aliphatic rings. The highest BCUT2D eigenvalue weighted by molar-refractivity contribution is 5.65. The van der Waals surface area contributed by atoms with E-state index in [1.165, 1.54) is 18.3 Å². The fourth-order valence-corrected chi connectivity index (χ4v) is 3.14. The molecule has 0 N–H and O–H groups in total. The largest absolute Gasteiger partial charge is 0.488 e. The molecule has 0 aliphatic heterocycles. The van der Waals surface area contributed by atoms with Crippen LogP contribution in [0.3, 0.4) is 0 Å². The third kappa shape index (κ3) is 3.60. The number of nitriles is 1. The zero-order valence-electron chi connectivity index (χ0n) is 15.9. The minimum Gasteiger partial charge on any atom is -0.488 e. The van der Waals surface area contributed by atoms with Gasteiger partial charge >= 0.3 is 0 Å². The first-order valence-corrected chi connectivity index (χ1v) is 8.96. The van der Waals surface area contributed by atoms with Gasteiger partial charge in [0.1, 0.15) is 18.2 Å². The Bertz CT molecular complexity index is 1190. The standard InChI is InChI=1S/C22H17FN4O2/c1-14-20(15(2)27(26-14)18-6-3-16(12-24)4-7-18)13-28-21-8-5-17(23)11-19(21)22-9-10-25-29-22/h3-11H,13H2,1-2H3. The van der Waals surface area contributed by atoms with Crippen molar-refractivity contribution in [2.75, 3.05) is 0 Å². The summed E-state index contributed by atoms with van der Waals surface area (Å²) in [5, 5.41) is 17.2. The Kier molecular flexibility index (Phi) is 4.83. The van der Waals surface area contributed by atoms with Crippen LogP contribution in [0.1, 0.15) is 22.5 Å². The smallest absolute Gasteiger partial charge is 0.170 e. The van der Waals surface area contributed by atoms with Crippen LogP contribution < -0.4 is 4.74 Å². The summed E-state index contributed by atoms with van der Waals surface area (Å²) in [5.74, 6) is 0.541. The van der Waals surface area contributed by atoms with Crippen molar-refractivity contribution < 1.29 is 13.7 Å². The molecule has 0 aliphatic carbocycles. The first-order chi connectivity index (χ1) is 14.1. The van der Waals surface area contributed by atoms with Crippen LogP contribution >= 0.6 is 0 Å². The van der Waals surface area contributed by atoms with Gasteiger partial charge in [0, 0.05) is 17.3 Å². The molecule has 0 saturated heterocycles. The SMILES string of the molecule is Cc1nn(-c2ccc(C#N)cc2)c(C)c1COc1ccc(F)cc1-c1ccno1. The van der Waals surface area contributed by atoms with E-state index < -0.39 is 0 Å². The van der Waals surface area contributed by atoms with Crippen LogP contribution in [0.25, 0.3) is 17.0 Å². The van der Waals surface area contributed by atoms with E-state index in [1.807, 2.05) is 30.7 Å². The van der Waals surface area contributed by atoms with Gasteiger partial charge in [-0.2, -0.15) is 10.4 Å². The van der Waals surface area contributed by atoms with Crippen molar-refractivity contribution in [3.63, 3.8) is 0 Å². The number of aryl methyl sites for hydroxylation is 1. The number of rotatable bonds is 5. The number of benzene rings is 2. The average Bonchev–Trinajstić information content (AvgIpc) is 3.36. The lowest BCUT2D eigenvalue weighted by Crippen LogP contribution is -2.02. The van der Waals surface area contributed by atoms with E-state index in [0.29, 0.717) is 22.6 Å². The Morgan fingerprint density at radius 3 is 2.62 bits per heavy atom. The monoisotopic (exact) mass is 388 g/mol. The van der Waals surface area contributed by atoms with Gasteiger partial charge in [-0.1, -0.05) is 5.16 Å². The summed E-state index contributed by atoms with van der Waals surface area (Å²) in [6.45, 7) is 4.13. The molecule has 0 fully saturated rings. The molecule has 2 aromatic carbocycles. The summed E-state index contributed by atoms with van der Waals surface area (Å²) in [7, 11) is 0. The number of halogens is 1. The van der Waals surface area contributed by atoms with Crippen LogP contribution in [0, 0.1) is 31.0 Å². The molecule has 0 atom stereocenters. The summed E-state index contributed by atoms with van der Waals surface area (Å²) < 4.78 is 26.7. The molecular formula is C22H17FN4O2. The summed E-state index contributed by atoms with van der Waals surface area (Å²) >= 11 is 0. The number of hydrogen-bond acceptors (Lipinski definition) is 5. The fraction of sp³-hybridized carbons (Fsp3) is 0.136. The fourth-order valence-electron chi connectivity index (χ4n) is 3.14. The molecule has 0 unspecified atom stereocenters. The van der Waals surface area contributed by atoms with Crippen molar-refractivity contribution >= 4 is 0 Å². The van der Waals surface area contributed by atoms with E-state index in [0.717, 1.165) is 22.6 Å². The van der Waals surface area contributed by atoms with Crippen molar-refractivity contribution in [2.24, 2.45) is 0 Å². The predicted octanol–water partition coefficient (Wildman–Crippen LogP) is 4.73. The van der Waals surface area contributed by atoms with Crippen molar-refractivity contribution in [1.29, 1.82) is 5.26 Å². The van der Waals surface area contributed by atoms with E-state index in [-0.39, 0.29) is 12.4 Å². The molecule has 2 heterocycles. The third-order valence-corrected chi connectivity index (χ3v) is 4.70. The second-order valence-electron chi connectivity index (χ2n) is 6.53. The summed E-state index contributed by atoms with van der Waals surface area (Å²) in [4.78, 5) is 0. The van der Waals surface area contributed by atoms with Gasteiger partial charge in [-0.15, -0.1) is 0 Å². The zero-order chi connectivity index (χ0) is 20.4. The molecule has 7 heteroatoms. The van der Waals surface area contributed by atoms with E-state index >= 15 is 0 Å². The van der Waals surface area contributed by atoms with Gasteiger partial charge in [-0.05, 0) is 56.3 Å². The quantitative estimate of drug-likeness (QED) is 0.494. The van der Waals surface area contributed by atoms with Gasteiger partial charge in [-0.25, -0.2) is 9.07 Å². The Balaban J connectivity index is 1.62. The van der Waals surface area contributed by atoms with E-state index in [9.17, 15) is 4.39 Å². The van der Waals surface area contributed by atoms with Gasteiger partial charge in [0.05, 0.1) is 34.8 Å². The Morgan fingerprint density at radius 2 is 1.93 bits per heavy atom. The lowest BCUT2D eigenvalue weighted by Gasteiger charge is -2.11. The molecule has 4 aromatic rings. The van der Waals surface area contributed by atoms with Crippen LogP contribution in [0.2, 0.25) is 0 Å². The molecule has 6 nitrogen and oxygen atoms in total. The predicted molar refractivity (Wildman–Crippen MR) is 104 cm³/mol. The number of ether oxygens (including phenoxy) is 1. The Hall–Kier alpha value is -3.92. The molecular weight excluding hydrogens is 371 g/mol. The van der Waals surface area contributed by atoms with Crippen LogP contribution in [0.15, 0.2) is 59.3 Å². The molecule has 0 amide bonds. The maximum absolute atomic E-state index is 13.7. The third-order valence-electron chi connectivity index (χ3n) is 4.70. The summed E-state index contributed by atoms with van der Waals surface area (Å²) in [6.07, 6.45) is 1.50. The van der Waals surface area contributed by atoms with Gasteiger partial charge in [0.25, 0.3) is 0 Å². The molecule has 4 rings (SSSR count). The van der Waals surface area contributed by atoms with Crippen molar-refractivity contribution in [3.05, 3.63) is 83.1 Å². The van der Waals surface area contributed by atoms with Crippen LogP contribution in [-0.4, -0.2) is 14.9 Å². The maximum Gasteiger partial charge on any atom is 0.170 e. The van der Waals surface area contributed by atoms with E-state index in [4.69, 9.17) is 14.5 Å². The molecule has 2 aromatic heterocycles. The number of hydrogen-bond donors (Lipinski definition) is 0. The molecule has 0 saturated carbocycles. The second kappa shape index (κ2) is 7.60. The highest BCUT2D eigenvalue weighted by Gasteiger charge is 2.16. The average molecular weight is 388 g/mol. The van der Waals surface area contributed by atoms with Crippen molar-refractivity contribution in [1.82, 2.24) is 14.9 Å². The molecule has 0 spiro atoms. The first kappa shape index (κ1) is 18.4. The van der Waals surface area contributed by atoms with Crippen molar-refractivity contribution in [2.45, 2.75) is 20.5 Å². The number of aromatic nitrogens is 3. The normalized spacial score (nSPS) is 10.7. The highest BCUT2D eigenvalue weighted by Crippen LogP contribution is 2.31. The lowest BCUT2D eigenvalue weighted by atomic mass is 10.1. The molecule has 0 bridgehead atoms. The number of nitrogens with zero attached hydrogens (tertiary/aromatic N) is 4. The van der Waals surface area contributed by atoms with Crippen molar-refractivity contribution in [3.8, 4) is 28.8 Å². The van der Waals surface area contributed by atoms with Crippen LogP contribution in [0.4, 0.5) is 4.39 Å². The summed E-state index contributed by atoms with van der Waals surface area (Å²) in [5.41, 5.74) is 4.64. The molecule has 0 radical (unpaired) electrons. The van der Waals surface area contributed by atoms with E-state index in [2.05, 4.69) is 16.3 Å². The minimum absolute atomic E-state index is 0.265. The lowest BCUT2D eigenvalue weighted by molar-refractivity contribution is 0.304. The maximum atomic E-state index is 13.7. The Labute approximate surface area is 166 Å². The highest BCUT2D eigenvalue weighted by atomic mass is 19.1. The van der Waals surface area contributed by atoms with Crippen LogP contribution in [0.5, 0.6) is 5.75 Å². The van der Waals surface area contributed by atoms with E-state index in [1.54, 1.807) is 24.3 Å². The first-order valence-electron chi connectivity index (χ1n) is 8.96. The Morgan fingerprint density at radius 1 is 1.14 bits per heavy atom. The zero-order valence-corrected chi connectivity index (χ0v) is 15.9. The van der Waals surface area contributed by atoms with Gasteiger partial charge in [0.2, 0.25) is 0 Å². The van der Waals surface area contributed by atoms with Crippen LogP contribution in [-0.2, 0) is 6.61 Å².